The van der Waals surface area contributed by atoms with Gasteiger partial charge in [0, 0.05) is 13.6 Å². The Labute approximate surface area is 102 Å². The topological polar surface area (TPSA) is 59.1 Å². The van der Waals surface area contributed by atoms with E-state index in [4.69, 9.17) is 4.74 Å². The summed E-state index contributed by atoms with van der Waals surface area (Å²) in [5, 5.41) is 6.36. The number of nitrogens with zero attached hydrogens (tertiary/aromatic N) is 2. The minimum absolute atomic E-state index is 0.412. The van der Waals surface area contributed by atoms with Gasteiger partial charge in [0.2, 0.25) is 5.75 Å². The Morgan fingerprint density at radius 3 is 2.59 bits per heavy atom. The smallest absolute Gasteiger partial charge is 0.204 e. The summed E-state index contributed by atoms with van der Waals surface area (Å²) in [6.07, 6.45) is 5.44. The number of nitrogens with one attached hydrogen (secondary N) is 2. The van der Waals surface area contributed by atoms with E-state index in [0.717, 1.165) is 12.4 Å². The van der Waals surface area contributed by atoms with E-state index in [1.165, 1.54) is 19.3 Å². The van der Waals surface area contributed by atoms with Crippen molar-refractivity contribution in [3.05, 3.63) is 6.33 Å². The minimum Gasteiger partial charge on any atom is -0.490 e. The Kier molecular flexibility index (Phi) is 3.36. The second-order valence-electron chi connectivity index (χ2n) is 4.87. The Morgan fingerprint density at radius 1 is 1.35 bits per heavy atom. The maximum absolute atomic E-state index is 5.33. The van der Waals surface area contributed by atoms with E-state index in [-0.39, 0.29) is 0 Å². The van der Waals surface area contributed by atoms with Gasteiger partial charge in [-0.15, -0.1) is 0 Å². The van der Waals surface area contributed by atoms with Gasteiger partial charge in [-0.05, 0) is 18.3 Å². The van der Waals surface area contributed by atoms with Gasteiger partial charge in [0.05, 0.1) is 7.11 Å². The van der Waals surface area contributed by atoms with Gasteiger partial charge >= 0.3 is 0 Å². The number of rotatable bonds is 5. The van der Waals surface area contributed by atoms with E-state index in [1.54, 1.807) is 13.4 Å². The van der Waals surface area contributed by atoms with Gasteiger partial charge in [0.15, 0.2) is 11.6 Å². The number of methoxy groups -OCH3 is 1. The first kappa shape index (κ1) is 12.0. The van der Waals surface area contributed by atoms with Crippen molar-refractivity contribution in [3.63, 3.8) is 0 Å². The molecular weight excluding hydrogens is 216 g/mol. The van der Waals surface area contributed by atoms with Crippen molar-refractivity contribution < 1.29 is 4.74 Å². The largest absolute Gasteiger partial charge is 0.490 e. The lowest BCUT2D eigenvalue weighted by atomic mass is 9.70. The molecule has 5 nitrogen and oxygen atoms in total. The Morgan fingerprint density at radius 2 is 2.06 bits per heavy atom. The van der Waals surface area contributed by atoms with Gasteiger partial charge < -0.3 is 15.4 Å². The second kappa shape index (κ2) is 4.77. The van der Waals surface area contributed by atoms with Crippen molar-refractivity contribution >= 4 is 11.6 Å². The summed E-state index contributed by atoms with van der Waals surface area (Å²) < 4.78 is 5.33. The van der Waals surface area contributed by atoms with Crippen molar-refractivity contribution in [2.75, 3.05) is 31.3 Å². The molecule has 0 aliphatic heterocycles. The van der Waals surface area contributed by atoms with Gasteiger partial charge in [-0.25, -0.2) is 9.97 Å². The van der Waals surface area contributed by atoms with Crippen LogP contribution in [0, 0.1) is 5.41 Å². The molecule has 0 amide bonds. The van der Waals surface area contributed by atoms with Crippen LogP contribution in [0.1, 0.15) is 26.2 Å². The van der Waals surface area contributed by atoms with Crippen LogP contribution in [-0.2, 0) is 0 Å². The quantitative estimate of drug-likeness (QED) is 0.820. The van der Waals surface area contributed by atoms with Crippen molar-refractivity contribution in [3.8, 4) is 5.75 Å². The van der Waals surface area contributed by atoms with E-state index >= 15 is 0 Å². The average Bonchev–Trinajstić information content (AvgIpc) is 2.33. The molecule has 0 spiro atoms. The highest BCUT2D eigenvalue weighted by Gasteiger charge is 2.31. The van der Waals surface area contributed by atoms with Crippen molar-refractivity contribution in [1.29, 1.82) is 0 Å². The molecule has 0 radical (unpaired) electrons. The first-order valence-electron chi connectivity index (χ1n) is 5.99. The normalized spacial score (nSPS) is 17.1. The van der Waals surface area contributed by atoms with Gasteiger partial charge in [0.25, 0.3) is 0 Å². The molecule has 0 aromatic carbocycles. The molecule has 5 heteroatoms. The summed E-state index contributed by atoms with van der Waals surface area (Å²) in [5.41, 5.74) is 0.412. The van der Waals surface area contributed by atoms with Gasteiger partial charge in [-0.3, -0.25) is 0 Å². The van der Waals surface area contributed by atoms with E-state index < -0.39 is 0 Å². The molecule has 1 saturated carbocycles. The van der Waals surface area contributed by atoms with Crippen LogP contribution in [0.15, 0.2) is 6.33 Å². The molecule has 1 fully saturated rings. The molecule has 1 heterocycles. The first-order chi connectivity index (χ1) is 8.18. The molecule has 0 saturated heterocycles. The monoisotopic (exact) mass is 236 g/mol. The maximum atomic E-state index is 5.33. The van der Waals surface area contributed by atoms with E-state index in [0.29, 0.717) is 17.0 Å². The summed E-state index contributed by atoms with van der Waals surface area (Å²) in [7, 11) is 3.46. The van der Waals surface area contributed by atoms with E-state index in [2.05, 4.69) is 27.5 Å². The average molecular weight is 236 g/mol. The number of aromatic nitrogens is 2. The molecule has 0 atom stereocenters. The minimum atomic E-state index is 0.412. The highest BCUT2D eigenvalue weighted by molar-refractivity contribution is 5.63. The van der Waals surface area contributed by atoms with Crippen LogP contribution in [0.5, 0.6) is 5.75 Å². The van der Waals surface area contributed by atoms with Crippen LogP contribution in [0.4, 0.5) is 11.6 Å². The molecule has 2 N–H and O–H groups in total. The molecule has 2 rings (SSSR count). The lowest BCUT2D eigenvalue weighted by molar-refractivity contribution is 0.179. The molecule has 17 heavy (non-hydrogen) atoms. The Bertz CT molecular complexity index is 390. The fourth-order valence-corrected chi connectivity index (χ4v) is 2.13. The second-order valence-corrected chi connectivity index (χ2v) is 4.87. The predicted molar refractivity (Wildman–Crippen MR) is 68.6 cm³/mol. The van der Waals surface area contributed by atoms with Crippen LogP contribution < -0.4 is 15.4 Å². The molecule has 1 aliphatic rings. The molecular formula is C12H20N4O. The van der Waals surface area contributed by atoms with Crippen LogP contribution in [0.25, 0.3) is 0 Å². The highest BCUT2D eigenvalue weighted by Crippen LogP contribution is 2.40. The standard InChI is InChI=1S/C12H20N4O/c1-12(5-4-6-12)7-14-11-9(17-3)10(13-2)15-8-16-11/h8H,4-7H2,1-3H3,(H2,13,14,15,16). The van der Waals surface area contributed by atoms with Crippen molar-refractivity contribution in [2.45, 2.75) is 26.2 Å². The molecule has 1 aromatic rings. The number of anilines is 2. The van der Waals surface area contributed by atoms with Crippen LogP contribution in [-0.4, -0.2) is 30.7 Å². The van der Waals surface area contributed by atoms with Gasteiger partial charge in [-0.2, -0.15) is 0 Å². The highest BCUT2D eigenvalue weighted by atomic mass is 16.5. The van der Waals surface area contributed by atoms with Gasteiger partial charge in [-0.1, -0.05) is 13.3 Å². The summed E-state index contributed by atoms with van der Waals surface area (Å²) in [4.78, 5) is 8.35. The molecule has 1 aromatic heterocycles. The first-order valence-corrected chi connectivity index (χ1v) is 5.99. The summed E-state index contributed by atoms with van der Waals surface area (Å²) >= 11 is 0. The van der Waals surface area contributed by atoms with Crippen molar-refractivity contribution in [1.82, 2.24) is 9.97 Å². The van der Waals surface area contributed by atoms with Crippen molar-refractivity contribution in [2.24, 2.45) is 5.41 Å². The summed E-state index contributed by atoms with van der Waals surface area (Å²) in [6.45, 7) is 3.24. The molecule has 0 bridgehead atoms. The fourth-order valence-electron chi connectivity index (χ4n) is 2.13. The number of ether oxygens (including phenoxy) is 1. The maximum Gasteiger partial charge on any atom is 0.204 e. The zero-order chi connectivity index (χ0) is 12.3. The number of hydrogen-bond donors (Lipinski definition) is 2. The lowest BCUT2D eigenvalue weighted by Crippen LogP contribution is -2.33. The third kappa shape index (κ3) is 2.43. The third-order valence-corrected chi connectivity index (χ3v) is 3.49. The van der Waals surface area contributed by atoms with Crippen LogP contribution in [0.3, 0.4) is 0 Å². The zero-order valence-corrected chi connectivity index (χ0v) is 10.7. The summed E-state index contributed by atoms with van der Waals surface area (Å²) in [6, 6.07) is 0. The lowest BCUT2D eigenvalue weighted by Gasteiger charge is -2.38. The third-order valence-electron chi connectivity index (χ3n) is 3.49. The summed E-state index contributed by atoms with van der Waals surface area (Å²) in [5.74, 6) is 2.15. The molecule has 94 valence electrons. The predicted octanol–water partition coefficient (Wildman–Crippen LogP) is 2.13. The van der Waals surface area contributed by atoms with E-state index in [1.807, 2.05) is 7.05 Å². The van der Waals surface area contributed by atoms with Gasteiger partial charge in [0.1, 0.15) is 6.33 Å². The SMILES string of the molecule is CNc1ncnc(NCC2(C)CCC2)c1OC. The van der Waals surface area contributed by atoms with Crippen LogP contribution in [0.2, 0.25) is 0 Å². The Hall–Kier alpha value is -1.52. The Balaban J connectivity index is 2.09. The number of hydrogen-bond acceptors (Lipinski definition) is 5. The molecule has 0 unspecified atom stereocenters. The fraction of sp³-hybridized carbons (Fsp3) is 0.667. The van der Waals surface area contributed by atoms with E-state index in [9.17, 15) is 0 Å². The molecule has 1 aliphatic carbocycles. The zero-order valence-electron chi connectivity index (χ0n) is 10.7. The van der Waals surface area contributed by atoms with Crippen LogP contribution >= 0.6 is 0 Å².